The third kappa shape index (κ3) is 11.0. The van der Waals surface area contributed by atoms with Gasteiger partial charge < -0.3 is 4.74 Å². The quantitative estimate of drug-likeness (QED) is 0.481. The van der Waals surface area contributed by atoms with E-state index in [-0.39, 0.29) is 0 Å². The van der Waals surface area contributed by atoms with Gasteiger partial charge >= 0.3 is 0 Å². The van der Waals surface area contributed by atoms with Crippen molar-refractivity contribution in [1.82, 2.24) is 4.90 Å². The Morgan fingerprint density at radius 1 is 1.11 bits per heavy atom. The minimum Gasteiger partial charge on any atom is -0.379 e. The Morgan fingerprint density at radius 3 is 2.32 bits per heavy atom. The number of morpholine rings is 1. The van der Waals surface area contributed by atoms with E-state index >= 15 is 0 Å². The Kier molecular flexibility index (Phi) is 12.8. The van der Waals surface area contributed by atoms with Crippen LogP contribution in [0.2, 0.25) is 0 Å². The van der Waals surface area contributed by atoms with Gasteiger partial charge in [0.1, 0.15) is 0 Å². The van der Waals surface area contributed by atoms with Gasteiger partial charge in [0, 0.05) is 31.1 Å². The number of hydrogen-bond acceptors (Lipinski definition) is 4. The van der Waals surface area contributed by atoms with Crippen molar-refractivity contribution in [3.8, 4) is 0 Å². The molecule has 0 N–H and O–H groups in total. The molecule has 1 heterocycles. The van der Waals surface area contributed by atoms with Crippen LogP contribution in [0.4, 0.5) is 0 Å². The van der Waals surface area contributed by atoms with Crippen LogP contribution in [0.25, 0.3) is 0 Å². The molecule has 0 aliphatic carbocycles. The van der Waals surface area contributed by atoms with Crippen molar-refractivity contribution in [3.63, 3.8) is 0 Å². The van der Waals surface area contributed by atoms with Gasteiger partial charge in [0.15, 0.2) is 0 Å². The lowest BCUT2D eigenvalue weighted by Crippen LogP contribution is -2.37. The number of nitrogens with zero attached hydrogens (tertiary/aromatic N) is 1. The highest BCUT2D eigenvalue weighted by Gasteiger charge is 2.16. The van der Waals surface area contributed by atoms with E-state index in [0.29, 0.717) is 5.41 Å². The van der Waals surface area contributed by atoms with Crippen molar-refractivity contribution < 1.29 is 4.74 Å². The molecule has 1 saturated heterocycles. The van der Waals surface area contributed by atoms with Crippen LogP contribution in [-0.2, 0) is 4.74 Å². The van der Waals surface area contributed by atoms with Crippen molar-refractivity contribution >= 4 is 21.6 Å². The van der Waals surface area contributed by atoms with Crippen molar-refractivity contribution in [2.75, 3.05) is 44.4 Å². The average molecular weight is 308 g/mol. The molecule has 0 bridgehead atoms. The number of rotatable bonds is 8. The van der Waals surface area contributed by atoms with Crippen LogP contribution in [0.5, 0.6) is 0 Å². The molecule has 0 unspecified atom stereocenters. The molecule has 1 aliphatic rings. The van der Waals surface area contributed by atoms with E-state index in [2.05, 4.69) is 25.7 Å². The minimum atomic E-state index is 0.505. The fourth-order valence-corrected chi connectivity index (χ4v) is 4.78. The van der Waals surface area contributed by atoms with Crippen molar-refractivity contribution in [3.05, 3.63) is 0 Å². The second-order valence-electron chi connectivity index (χ2n) is 5.45. The maximum absolute atomic E-state index is 5.35. The van der Waals surface area contributed by atoms with Crippen molar-refractivity contribution in [1.29, 1.82) is 0 Å². The lowest BCUT2D eigenvalue weighted by molar-refractivity contribution is 0.0410. The molecular weight excluding hydrogens is 274 g/mol. The molecule has 4 heteroatoms. The highest BCUT2D eigenvalue weighted by molar-refractivity contribution is 8.76. The molecule has 0 saturated carbocycles. The molecule has 0 amide bonds. The second-order valence-corrected chi connectivity index (χ2v) is 8.03. The summed E-state index contributed by atoms with van der Waals surface area (Å²) in [6, 6.07) is 0. The first-order valence-corrected chi connectivity index (χ1v) is 10.2. The molecule has 0 aromatic carbocycles. The Morgan fingerprint density at radius 2 is 1.74 bits per heavy atom. The Hall–Kier alpha value is 0.620. The Bertz CT molecular complexity index is 195. The molecule has 116 valence electrons. The maximum atomic E-state index is 5.35. The van der Waals surface area contributed by atoms with Gasteiger partial charge in [-0.1, -0.05) is 62.6 Å². The van der Waals surface area contributed by atoms with Crippen molar-refractivity contribution in [2.45, 2.75) is 47.5 Å². The van der Waals surface area contributed by atoms with E-state index in [9.17, 15) is 0 Å². The van der Waals surface area contributed by atoms with Crippen LogP contribution in [0.15, 0.2) is 0 Å². The van der Waals surface area contributed by atoms with E-state index in [4.69, 9.17) is 4.74 Å². The normalized spacial score (nSPS) is 16.9. The third-order valence-electron chi connectivity index (χ3n) is 3.05. The van der Waals surface area contributed by atoms with E-state index in [1.165, 1.54) is 30.9 Å². The van der Waals surface area contributed by atoms with E-state index < -0.39 is 0 Å². The van der Waals surface area contributed by atoms with E-state index in [1.807, 2.05) is 35.4 Å². The van der Waals surface area contributed by atoms with E-state index in [0.717, 1.165) is 26.3 Å². The second kappa shape index (κ2) is 12.4. The summed E-state index contributed by atoms with van der Waals surface area (Å²) in [5.74, 6) is 2.52. The summed E-state index contributed by atoms with van der Waals surface area (Å²) < 4.78 is 5.35. The topological polar surface area (TPSA) is 12.5 Å². The highest BCUT2D eigenvalue weighted by atomic mass is 33.1. The molecule has 1 rings (SSSR count). The van der Waals surface area contributed by atoms with Crippen LogP contribution >= 0.6 is 21.6 Å². The molecule has 0 spiro atoms. The molecule has 1 fully saturated rings. The van der Waals surface area contributed by atoms with Gasteiger partial charge in [-0.2, -0.15) is 0 Å². The summed E-state index contributed by atoms with van der Waals surface area (Å²) in [4.78, 5) is 2.51. The summed E-state index contributed by atoms with van der Waals surface area (Å²) in [7, 11) is 4.08. The van der Waals surface area contributed by atoms with E-state index in [1.54, 1.807) is 0 Å². The van der Waals surface area contributed by atoms with Crippen LogP contribution in [0, 0.1) is 5.41 Å². The summed E-state index contributed by atoms with van der Waals surface area (Å²) >= 11 is 0. The van der Waals surface area contributed by atoms with Crippen LogP contribution in [0.1, 0.15) is 47.5 Å². The van der Waals surface area contributed by atoms with Gasteiger partial charge in [0.2, 0.25) is 0 Å². The zero-order valence-electron chi connectivity index (χ0n) is 13.5. The molecule has 1 aliphatic heterocycles. The van der Waals surface area contributed by atoms with Gasteiger partial charge in [0.25, 0.3) is 0 Å². The molecule has 0 atom stereocenters. The standard InChI is InChI=1S/C13H27NOS2.C2H6/c1-4-5-13(2,3)12-17-16-11-8-14-6-9-15-10-7-14;1-2/h4-12H2,1-3H3;1-2H3. The zero-order chi connectivity index (χ0) is 14.6. The fourth-order valence-electron chi connectivity index (χ4n) is 2.00. The summed E-state index contributed by atoms with van der Waals surface area (Å²) in [5.41, 5.74) is 0.505. The predicted octanol–water partition coefficient (Wildman–Crippen LogP) is 4.55. The smallest absolute Gasteiger partial charge is 0.0594 e. The lowest BCUT2D eigenvalue weighted by Gasteiger charge is -2.26. The summed E-state index contributed by atoms with van der Waals surface area (Å²) in [6.07, 6.45) is 2.63. The molecule has 0 radical (unpaired) electrons. The maximum Gasteiger partial charge on any atom is 0.0594 e. The number of ether oxygens (including phenoxy) is 1. The highest BCUT2D eigenvalue weighted by Crippen LogP contribution is 2.33. The van der Waals surface area contributed by atoms with Gasteiger partial charge in [0.05, 0.1) is 13.2 Å². The first-order chi connectivity index (χ1) is 9.14. The Labute approximate surface area is 128 Å². The van der Waals surface area contributed by atoms with Gasteiger partial charge in [-0.05, 0) is 11.8 Å². The van der Waals surface area contributed by atoms with Gasteiger partial charge in [-0.25, -0.2) is 0 Å². The fraction of sp³-hybridized carbons (Fsp3) is 1.00. The van der Waals surface area contributed by atoms with Crippen LogP contribution in [0.3, 0.4) is 0 Å². The molecule has 0 aromatic heterocycles. The molecule has 19 heavy (non-hydrogen) atoms. The largest absolute Gasteiger partial charge is 0.379 e. The SMILES string of the molecule is CC.CCCC(C)(C)CSSCCN1CCOCC1. The number of hydrogen-bond donors (Lipinski definition) is 0. The minimum absolute atomic E-state index is 0.505. The summed E-state index contributed by atoms with van der Waals surface area (Å²) in [5, 5.41) is 0. The van der Waals surface area contributed by atoms with Crippen LogP contribution < -0.4 is 0 Å². The van der Waals surface area contributed by atoms with Gasteiger partial charge in [-0.15, -0.1) is 0 Å². The first kappa shape index (κ1) is 19.6. The molecular formula is C15H33NOS2. The monoisotopic (exact) mass is 307 g/mol. The summed E-state index contributed by atoms with van der Waals surface area (Å²) in [6.45, 7) is 16.3. The average Bonchev–Trinajstić information content (AvgIpc) is 2.41. The van der Waals surface area contributed by atoms with Gasteiger partial charge in [-0.3, -0.25) is 4.90 Å². The first-order valence-electron chi connectivity index (χ1n) is 7.68. The molecule has 0 aromatic rings. The van der Waals surface area contributed by atoms with Crippen molar-refractivity contribution in [2.24, 2.45) is 5.41 Å². The third-order valence-corrected chi connectivity index (χ3v) is 5.82. The Balaban J connectivity index is 0.00000154. The molecule has 2 nitrogen and oxygen atoms in total. The van der Waals surface area contributed by atoms with Crippen LogP contribution in [-0.4, -0.2) is 49.3 Å². The predicted molar refractivity (Wildman–Crippen MR) is 92.2 cm³/mol. The zero-order valence-corrected chi connectivity index (χ0v) is 15.2. The lowest BCUT2D eigenvalue weighted by atomic mass is 9.91.